The Morgan fingerprint density at radius 1 is 1.33 bits per heavy atom. The molecule has 1 aromatic rings. The summed E-state index contributed by atoms with van der Waals surface area (Å²) in [5.74, 6) is -0.316. The Morgan fingerprint density at radius 2 is 2.00 bits per heavy atom. The SMILES string of the molecule is NC1(CC(=O)c2cccc(C(F)(F)F)c2)CCC1. The highest BCUT2D eigenvalue weighted by molar-refractivity contribution is 5.97. The number of rotatable bonds is 3. The molecule has 1 fully saturated rings. The third-order valence-electron chi connectivity index (χ3n) is 3.37. The molecule has 5 heteroatoms. The topological polar surface area (TPSA) is 43.1 Å². The Hall–Kier alpha value is -1.36. The second kappa shape index (κ2) is 4.39. The number of benzene rings is 1. The van der Waals surface area contributed by atoms with E-state index in [0.717, 1.165) is 31.4 Å². The van der Waals surface area contributed by atoms with Crippen LogP contribution in [0.15, 0.2) is 24.3 Å². The molecule has 98 valence electrons. The molecular formula is C13H14F3NO. The third kappa shape index (κ3) is 2.72. The minimum Gasteiger partial charge on any atom is -0.325 e. The van der Waals surface area contributed by atoms with Crippen molar-refractivity contribution in [1.82, 2.24) is 0 Å². The molecule has 2 rings (SSSR count). The molecule has 1 saturated carbocycles. The molecule has 0 saturated heterocycles. The van der Waals surface area contributed by atoms with E-state index in [1.54, 1.807) is 0 Å². The van der Waals surface area contributed by atoms with Crippen molar-refractivity contribution in [2.24, 2.45) is 5.73 Å². The van der Waals surface area contributed by atoms with Gasteiger partial charge in [0.2, 0.25) is 0 Å². The lowest BCUT2D eigenvalue weighted by atomic mass is 9.74. The quantitative estimate of drug-likeness (QED) is 0.845. The Morgan fingerprint density at radius 3 is 2.50 bits per heavy atom. The predicted octanol–water partition coefficient (Wildman–Crippen LogP) is 3.16. The molecule has 0 heterocycles. The van der Waals surface area contributed by atoms with Gasteiger partial charge in [-0.15, -0.1) is 0 Å². The molecule has 1 aromatic carbocycles. The first-order valence-corrected chi connectivity index (χ1v) is 5.80. The second-order valence-electron chi connectivity index (χ2n) is 4.89. The van der Waals surface area contributed by atoms with Crippen LogP contribution in [0.5, 0.6) is 0 Å². The van der Waals surface area contributed by atoms with E-state index in [4.69, 9.17) is 5.73 Å². The molecule has 0 unspecified atom stereocenters. The molecule has 0 aromatic heterocycles. The van der Waals surface area contributed by atoms with Gasteiger partial charge in [-0.1, -0.05) is 12.1 Å². The first-order valence-electron chi connectivity index (χ1n) is 5.80. The highest BCUT2D eigenvalue weighted by Gasteiger charge is 2.35. The summed E-state index contributed by atoms with van der Waals surface area (Å²) in [4.78, 5) is 11.9. The first-order chi connectivity index (χ1) is 8.30. The Balaban J connectivity index is 2.15. The van der Waals surface area contributed by atoms with Crippen molar-refractivity contribution in [3.63, 3.8) is 0 Å². The normalized spacial score (nSPS) is 18.2. The standard InChI is InChI=1S/C13H14F3NO/c14-13(15,16)10-4-1-3-9(7-10)11(18)8-12(17)5-2-6-12/h1,3-4,7H,2,5-6,8,17H2. The molecule has 18 heavy (non-hydrogen) atoms. The van der Waals surface area contributed by atoms with Crippen molar-refractivity contribution in [2.45, 2.75) is 37.4 Å². The van der Waals surface area contributed by atoms with Crippen molar-refractivity contribution in [2.75, 3.05) is 0 Å². The minimum atomic E-state index is -4.42. The van der Waals surface area contributed by atoms with Gasteiger partial charge in [-0.3, -0.25) is 4.79 Å². The van der Waals surface area contributed by atoms with E-state index in [0.29, 0.717) is 0 Å². The molecule has 2 nitrogen and oxygen atoms in total. The smallest absolute Gasteiger partial charge is 0.325 e. The molecule has 0 bridgehead atoms. The first kappa shape index (κ1) is 13.1. The average Bonchev–Trinajstić information content (AvgIpc) is 2.26. The summed E-state index contributed by atoms with van der Waals surface area (Å²) in [5, 5.41) is 0. The summed E-state index contributed by atoms with van der Waals surface area (Å²) in [6.07, 6.45) is -1.80. The molecule has 2 N–H and O–H groups in total. The number of ketones is 1. The summed E-state index contributed by atoms with van der Waals surface area (Å²) >= 11 is 0. The Bertz CT molecular complexity index is 464. The molecule has 0 spiro atoms. The lowest BCUT2D eigenvalue weighted by molar-refractivity contribution is -0.137. The number of halogens is 3. The molecule has 1 aliphatic rings. The highest BCUT2D eigenvalue weighted by Crippen LogP contribution is 2.34. The van der Waals surface area contributed by atoms with Crippen LogP contribution in [0.25, 0.3) is 0 Å². The van der Waals surface area contributed by atoms with E-state index in [9.17, 15) is 18.0 Å². The molecule has 0 amide bonds. The Kier molecular flexibility index (Phi) is 3.19. The van der Waals surface area contributed by atoms with Crippen LogP contribution < -0.4 is 5.73 Å². The fraction of sp³-hybridized carbons (Fsp3) is 0.462. The summed E-state index contributed by atoms with van der Waals surface area (Å²) in [7, 11) is 0. The number of nitrogens with two attached hydrogens (primary N) is 1. The maximum absolute atomic E-state index is 12.5. The zero-order valence-corrected chi connectivity index (χ0v) is 9.76. The van der Waals surface area contributed by atoms with Crippen molar-refractivity contribution in [3.05, 3.63) is 35.4 Å². The zero-order chi connectivity index (χ0) is 13.4. The zero-order valence-electron chi connectivity index (χ0n) is 9.76. The van der Waals surface area contributed by atoms with E-state index in [1.807, 2.05) is 0 Å². The number of Topliss-reactive ketones (excluding diaryl/α,β-unsaturated/α-hetero) is 1. The van der Waals surface area contributed by atoms with Crippen molar-refractivity contribution in [3.8, 4) is 0 Å². The van der Waals surface area contributed by atoms with E-state index in [1.165, 1.54) is 12.1 Å². The average molecular weight is 257 g/mol. The van der Waals surface area contributed by atoms with Crippen LogP contribution in [0.3, 0.4) is 0 Å². The van der Waals surface area contributed by atoms with E-state index in [2.05, 4.69) is 0 Å². The lowest BCUT2D eigenvalue weighted by Crippen LogP contribution is -2.48. The number of alkyl halides is 3. The van der Waals surface area contributed by atoms with Gasteiger partial charge in [-0.2, -0.15) is 13.2 Å². The predicted molar refractivity (Wildman–Crippen MR) is 61.2 cm³/mol. The van der Waals surface area contributed by atoms with Gasteiger partial charge in [-0.25, -0.2) is 0 Å². The van der Waals surface area contributed by atoms with E-state index < -0.39 is 17.3 Å². The largest absolute Gasteiger partial charge is 0.416 e. The van der Waals surface area contributed by atoms with Crippen LogP contribution >= 0.6 is 0 Å². The Labute approximate surface area is 103 Å². The van der Waals surface area contributed by atoms with Crippen LogP contribution in [-0.2, 0) is 6.18 Å². The summed E-state index contributed by atoms with van der Waals surface area (Å²) in [6.45, 7) is 0. The highest BCUT2D eigenvalue weighted by atomic mass is 19.4. The number of hydrogen-bond donors (Lipinski definition) is 1. The summed E-state index contributed by atoms with van der Waals surface area (Å²) in [6, 6.07) is 4.50. The number of carbonyl (C=O) groups excluding carboxylic acids is 1. The van der Waals surface area contributed by atoms with Crippen LogP contribution in [0, 0.1) is 0 Å². The fourth-order valence-electron chi connectivity index (χ4n) is 2.10. The maximum atomic E-state index is 12.5. The van der Waals surface area contributed by atoms with Crippen LogP contribution in [-0.4, -0.2) is 11.3 Å². The van der Waals surface area contributed by atoms with Gasteiger partial charge in [0.25, 0.3) is 0 Å². The van der Waals surface area contributed by atoms with Crippen molar-refractivity contribution < 1.29 is 18.0 Å². The van der Waals surface area contributed by atoms with Gasteiger partial charge in [0.15, 0.2) is 5.78 Å². The van der Waals surface area contributed by atoms with E-state index >= 15 is 0 Å². The number of carbonyl (C=O) groups is 1. The van der Waals surface area contributed by atoms with Gasteiger partial charge in [0, 0.05) is 17.5 Å². The summed E-state index contributed by atoms with van der Waals surface area (Å²) in [5.41, 5.74) is 4.70. The second-order valence-corrected chi connectivity index (χ2v) is 4.89. The molecule has 0 aliphatic heterocycles. The molecule has 1 aliphatic carbocycles. The minimum absolute atomic E-state index is 0.0848. The van der Waals surface area contributed by atoms with Crippen LogP contribution in [0.4, 0.5) is 13.2 Å². The lowest BCUT2D eigenvalue weighted by Gasteiger charge is -2.37. The summed E-state index contributed by atoms with van der Waals surface area (Å²) < 4.78 is 37.5. The van der Waals surface area contributed by atoms with Gasteiger partial charge in [-0.05, 0) is 31.4 Å². The number of hydrogen-bond acceptors (Lipinski definition) is 2. The third-order valence-corrected chi connectivity index (χ3v) is 3.37. The molecule has 0 radical (unpaired) electrons. The van der Waals surface area contributed by atoms with Gasteiger partial charge in [0.05, 0.1) is 5.56 Å². The fourth-order valence-corrected chi connectivity index (χ4v) is 2.10. The van der Waals surface area contributed by atoms with Crippen LogP contribution in [0.1, 0.15) is 41.6 Å². The van der Waals surface area contributed by atoms with Crippen LogP contribution in [0.2, 0.25) is 0 Å². The molecular weight excluding hydrogens is 243 g/mol. The van der Waals surface area contributed by atoms with Crippen molar-refractivity contribution in [1.29, 1.82) is 0 Å². The maximum Gasteiger partial charge on any atom is 0.416 e. The monoisotopic (exact) mass is 257 g/mol. The van der Waals surface area contributed by atoms with Gasteiger partial charge >= 0.3 is 6.18 Å². The van der Waals surface area contributed by atoms with Gasteiger partial charge < -0.3 is 5.73 Å². The molecule has 0 atom stereocenters. The van der Waals surface area contributed by atoms with E-state index in [-0.39, 0.29) is 17.8 Å². The van der Waals surface area contributed by atoms with Crippen molar-refractivity contribution >= 4 is 5.78 Å². The van der Waals surface area contributed by atoms with Gasteiger partial charge in [0.1, 0.15) is 0 Å².